The van der Waals surface area contributed by atoms with Gasteiger partial charge in [0.05, 0.1) is 11.0 Å². The molecule has 4 heteroatoms. The van der Waals surface area contributed by atoms with Gasteiger partial charge in [-0.25, -0.2) is 9.97 Å². The third kappa shape index (κ3) is 2.20. The second-order valence-electron chi connectivity index (χ2n) is 9.74. The summed E-state index contributed by atoms with van der Waals surface area (Å²) in [7, 11) is 0. The van der Waals surface area contributed by atoms with Crippen molar-refractivity contribution in [1.82, 2.24) is 19.4 Å². The second kappa shape index (κ2) is 6.10. The Morgan fingerprint density at radius 3 is 2.37 bits per heavy atom. The highest BCUT2D eigenvalue weighted by Gasteiger charge is 2.26. The maximum absolute atomic E-state index is 5.12. The molecule has 2 aliphatic rings. The molecule has 9 rings (SSSR count). The molecule has 35 heavy (non-hydrogen) atoms. The SMILES string of the molecule is c1ccc2c(c1)Cc1cc3c(cc1-2)-c1cc2c(cc1C3)nc1c3ccncc3c3cccnc3n21. The van der Waals surface area contributed by atoms with Gasteiger partial charge in [-0.3, -0.25) is 9.38 Å². The van der Waals surface area contributed by atoms with Gasteiger partial charge in [-0.1, -0.05) is 30.3 Å². The van der Waals surface area contributed by atoms with Crippen LogP contribution < -0.4 is 0 Å². The van der Waals surface area contributed by atoms with Crippen LogP contribution in [0, 0.1) is 0 Å². The number of hydrogen-bond donors (Lipinski definition) is 0. The van der Waals surface area contributed by atoms with Gasteiger partial charge in [0, 0.05) is 34.7 Å². The van der Waals surface area contributed by atoms with Crippen LogP contribution in [-0.2, 0) is 12.8 Å². The zero-order chi connectivity index (χ0) is 22.7. The van der Waals surface area contributed by atoms with E-state index in [1.807, 2.05) is 24.7 Å². The van der Waals surface area contributed by atoms with Crippen molar-refractivity contribution in [2.24, 2.45) is 0 Å². The lowest BCUT2D eigenvalue weighted by atomic mass is 9.98. The first-order valence-electron chi connectivity index (χ1n) is 12.0. The fourth-order valence-electron chi connectivity index (χ4n) is 6.39. The smallest absolute Gasteiger partial charge is 0.147 e. The number of pyridine rings is 3. The molecule has 162 valence electrons. The van der Waals surface area contributed by atoms with Crippen molar-refractivity contribution in [3.8, 4) is 22.3 Å². The molecule has 0 amide bonds. The lowest BCUT2D eigenvalue weighted by Gasteiger charge is -2.08. The first-order valence-corrected chi connectivity index (χ1v) is 12.0. The number of rotatable bonds is 0. The molecule has 0 fully saturated rings. The van der Waals surface area contributed by atoms with Gasteiger partial charge in [-0.2, -0.15) is 0 Å². The fraction of sp³-hybridized carbons (Fsp3) is 0.0645. The topological polar surface area (TPSA) is 43.1 Å². The Morgan fingerprint density at radius 1 is 0.600 bits per heavy atom. The Balaban J connectivity index is 1.37. The van der Waals surface area contributed by atoms with Crippen molar-refractivity contribution in [2.75, 3.05) is 0 Å². The minimum Gasteiger partial charge on any atom is -0.276 e. The van der Waals surface area contributed by atoms with Gasteiger partial charge in [0.1, 0.15) is 11.3 Å². The third-order valence-corrected chi connectivity index (χ3v) is 7.92. The summed E-state index contributed by atoms with van der Waals surface area (Å²) in [4.78, 5) is 14.3. The van der Waals surface area contributed by atoms with Crippen LogP contribution in [0.15, 0.2) is 85.3 Å². The summed E-state index contributed by atoms with van der Waals surface area (Å²) in [6.45, 7) is 0. The van der Waals surface area contributed by atoms with Crippen LogP contribution in [0.3, 0.4) is 0 Å². The van der Waals surface area contributed by atoms with Crippen LogP contribution in [0.4, 0.5) is 0 Å². The van der Waals surface area contributed by atoms with Crippen molar-refractivity contribution >= 4 is 38.5 Å². The summed E-state index contributed by atoms with van der Waals surface area (Å²) in [5.74, 6) is 0. The van der Waals surface area contributed by atoms with E-state index in [2.05, 4.69) is 70.0 Å². The molecule has 3 aromatic carbocycles. The molecule has 0 unspecified atom stereocenters. The van der Waals surface area contributed by atoms with Crippen LogP contribution in [0.1, 0.15) is 22.3 Å². The highest BCUT2D eigenvalue weighted by Crippen LogP contribution is 2.46. The summed E-state index contributed by atoms with van der Waals surface area (Å²) in [5.41, 5.74) is 15.1. The Labute approximate surface area is 200 Å². The van der Waals surface area contributed by atoms with Crippen molar-refractivity contribution < 1.29 is 0 Å². The largest absolute Gasteiger partial charge is 0.276 e. The first kappa shape index (κ1) is 17.8. The Morgan fingerprint density at radius 2 is 1.40 bits per heavy atom. The Kier molecular flexibility index (Phi) is 3.11. The van der Waals surface area contributed by atoms with E-state index in [1.165, 1.54) is 44.5 Å². The van der Waals surface area contributed by atoms with Crippen molar-refractivity contribution in [2.45, 2.75) is 12.8 Å². The molecule has 7 aromatic rings. The van der Waals surface area contributed by atoms with Crippen LogP contribution >= 0.6 is 0 Å². The molecule has 0 aliphatic heterocycles. The number of hydrogen-bond acceptors (Lipinski definition) is 3. The number of imidazole rings is 1. The van der Waals surface area contributed by atoms with Gasteiger partial charge in [0.2, 0.25) is 0 Å². The van der Waals surface area contributed by atoms with E-state index in [9.17, 15) is 0 Å². The van der Waals surface area contributed by atoms with Gasteiger partial charge in [-0.15, -0.1) is 0 Å². The molecular formula is C31H18N4. The fourth-order valence-corrected chi connectivity index (χ4v) is 6.39. The van der Waals surface area contributed by atoms with E-state index in [-0.39, 0.29) is 0 Å². The molecule has 0 spiro atoms. The van der Waals surface area contributed by atoms with Crippen LogP contribution in [0.2, 0.25) is 0 Å². The highest BCUT2D eigenvalue weighted by molar-refractivity contribution is 6.12. The maximum atomic E-state index is 5.12. The van der Waals surface area contributed by atoms with Crippen LogP contribution in [-0.4, -0.2) is 19.4 Å². The van der Waals surface area contributed by atoms with Gasteiger partial charge < -0.3 is 0 Å². The van der Waals surface area contributed by atoms with Gasteiger partial charge in [-0.05, 0) is 93.7 Å². The Hall–Kier alpha value is -4.57. The van der Waals surface area contributed by atoms with Crippen molar-refractivity contribution in [3.05, 3.63) is 108 Å². The predicted molar refractivity (Wildman–Crippen MR) is 140 cm³/mol. The van der Waals surface area contributed by atoms with Crippen LogP contribution in [0.25, 0.3) is 60.7 Å². The summed E-state index contributed by atoms with van der Waals surface area (Å²) in [6, 6.07) is 24.5. The minimum absolute atomic E-state index is 0.923. The van der Waals surface area contributed by atoms with Crippen LogP contribution in [0.5, 0.6) is 0 Å². The van der Waals surface area contributed by atoms with Gasteiger partial charge in [0.15, 0.2) is 0 Å². The molecule has 0 N–H and O–H groups in total. The molecule has 4 aromatic heterocycles. The van der Waals surface area contributed by atoms with E-state index in [4.69, 9.17) is 9.97 Å². The molecule has 4 heterocycles. The summed E-state index contributed by atoms with van der Waals surface area (Å²) in [5, 5.41) is 3.29. The predicted octanol–water partition coefficient (Wildman–Crippen LogP) is 6.73. The summed E-state index contributed by atoms with van der Waals surface area (Å²) < 4.78 is 2.23. The van der Waals surface area contributed by atoms with Gasteiger partial charge in [0.25, 0.3) is 0 Å². The average Bonchev–Trinajstić information content (AvgIpc) is 3.56. The zero-order valence-corrected chi connectivity index (χ0v) is 18.8. The van der Waals surface area contributed by atoms with E-state index in [0.717, 1.165) is 51.3 Å². The number of benzene rings is 3. The molecule has 0 atom stereocenters. The number of nitrogens with zero attached hydrogens (tertiary/aromatic N) is 4. The lowest BCUT2D eigenvalue weighted by Crippen LogP contribution is -1.94. The summed E-state index contributed by atoms with van der Waals surface area (Å²) >= 11 is 0. The highest BCUT2D eigenvalue weighted by atomic mass is 15.1. The molecular weight excluding hydrogens is 428 g/mol. The van der Waals surface area contributed by atoms with E-state index >= 15 is 0 Å². The monoisotopic (exact) mass is 446 g/mol. The Bertz CT molecular complexity index is 2070. The molecule has 2 aliphatic carbocycles. The maximum Gasteiger partial charge on any atom is 0.147 e. The third-order valence-electron chi connectivity index (χ3n) is 7.92. The molecule has 0 radical (unpaired) electrons. The quantitative estimate of drug-likeness (QED) is 0.243. The second-order valence-corrected chi connectivity index (χ2v) is 9.74. The summed E-state index contributed by atoms with van der Waals surface area (Å²) in [6.07, 6.45) is 7.62. The van der Waals surface area contributed by atoms with Gasteiger partial charge >= 0.3 is 0 Å². The van der Waals surface area contributed by atoms with E-state index < -0.39 is 0 Å². The normalized spacial score (nSPS) is 13.5. The van der Waals surface area contributed by atoms with Crippen molar-refractivity contribution in [3.63, 3.8) is 0 Å². The lowest BCUT2D eigenvalue weighted by molar-refractivity contribution is 1.21. The molecule has 0 bridgehead atoms. The standard InChI is InChI=1S/C31H18N4/c1-2-5-21-17(4-1)10-18-11-19-12-20-13-28-29(15-26(20)25(19)14-24(18)21)35-30-22(6-3-8-33-30)27-16-32-9-7-23(27)31(35)34-28/h1-9,11,13-16H,10,12H2. The van der Waals surface area contributed by atoms with E-state index in [0.29, 0.717) is 0 Å². The number of fused-ring (bicyclic) bond motifs is 14. The minimum atomic E-state index is 0.923. The first-order chi connectivity index (χ1) is 17.3. The van der Waals surface area contributed by atoms with Crippen molar-refractivity contribution in [1.29, 1.82) is 0 Å². The number of aromatic nitrogens is 4. The molecule has 0 saturated carbocycles. The zero-order valence-electron chi connectivity index (χ0n) is 18.8. The average molecular weight is 447 g/mol. The molecule has 4 nitrogen and oxygen atoms in total. The van der Waals surface area contributed by atoms with E-state index in [1.54, 1.807) is 0 Å². The molecule has 0 saturated heterocycles.